The molecule has 0 radical (unpaired) electrons. The van der Waals surface area contributed by atoms with Crippen LogP contribution in [-0.2, 0) is 0 Å². The van der Waals surface area contributed by atoms with E-state index in [1.54, 1.807) is 6.08 Å². The van der Waals surface area contributed by atoms with Gasteiger partial charge in [0, 0.05) is 0 Å². The fourth-order valence-electron chi connectivity index (χ4n) is 1.26. The van der Waals surface area contributed by atoms with Crippen LogP contribution in [0.3, 0.4) is 0 Å². The van der Waals surface area contributed by atoms with E-state index in [-0.39, 0.29) is 0 Å². The largest absolute Gasteiger partial charge is 0.384 e. The SMILES string of the molecule is C/C=C(\N)N=CC(=N)C1=CC=C(C)CC1. The van der Waals surface area contributed by atoms with Crippen LogP contribution in [0.25, 0.3) is 0 Å². The van der Waals surface area contributed by atoms with Crippen molar-refractivity contribution in [3.05, 3.63) is 35.2 Å². The summed E-state index contributed by atoms with van der Waals surface area (Å²) in [5.74, 6) is 0.447. The fourth-order valence-corrected chi connectivity index (χ4v) is 1.26. The Morgan fingerprint density at radius 1 is 1.47 bits per heavy atom. The Hall–Kier alpha value is -1.64. The van der Waals surface area contributed by atoms with E-state index in [1.807, 2.05) is 13.0 Å². The summed E-state index contributed by atoms with van der Waals surface area (Å²) in [4.78, 5) is 3.96. The van der Waals surface area contributed by atoms with E-state index in [1.165, 1.54) is 11.8 Å². The van der Waals surface area contributed by atoms with Crippen LogP contribution in [0, 0.1) is 5.41 Å². The van der Waals surface area contributed by atoms with Crippen LogP contribution in [0.4, 0.5) is 0 Å². The number of hydrogen-bond donors (Lipinski definition) is 2. The lowest BCUT2D eigenvalue weighted by Gasteiger charge is -2.10. The molecular formula is C12H17N3. The van der Waals surface area contributed by atoms with E-state index >= 15 is 0 Å². The molecule has 0 spiro atoms. The van der Waals surface area contributed by atoms with Gasteiger partial charge >= 0.3 is 0 Å². The van der Waals surface area contributed by atoms with E-state index in [0.717, 1.165) is 18.4 Å². The molecule has 0 aliphatic heterocycles. The molecule has 15 heavy (non-hydrogen) atoms. The molecule has 0 amide bonds. The Balaban J connectivity index is 2.67. The number of nitrogens with two attached hydrogens (primary N) is 1. The zero-order chi connectivity index (χ0) is 11.3. The number of nitrogens with one attached hydrogen (secondary N) is 1. The minimum atomic E-state index is 0.447. The van der Waals surface area contributed by atoms with Gasteiger partial charge in [-0.2, -0.15) is 0 Å². The molecule has 0 aromatic carbocycles. The van der Waals surface area contributed by atoms with Gasteiger partial charge in [0.25, 0.3) is 0 Å². The first-order chi connectivity index (χ1) is 7.13. The second-order valence-electron chi connectivity index (χ2n) is 3.59. The highest BCUT2D eigenvalue weighted by molar-refractivity contribution is 6.36. The van der Waals surface area contributed by atoms with E-state index < -0.39 is 0 Å². The van der Waals surface area contributed by atoms with Crippen LogP contribution in [0.1, 0.15) is 26.7 Å². The number of allylic oxidation sites excluding steroid dienone is 5. The van der Waals surface area contributed by atoms with Crippen molar-refractivity contribution in [1.82, 2.24) is 0 Å². The third-order valence-electron chi connectivity index (χ3n) is 2.34. The molecule has 3 N–H and O–H groups in total. The van der Waals surface area contributed by atoms with Gasteiger partial charge in [-0.1, -0.05) is 17.7 Å². The Morgan fingerprint density at radius 2 is 2.20 bits per heavy atom. The van der Waals surface area contributed by atoms with Crippen LogP contribution < -0.4 is 5.73 Å². The van der Waals surface area contributed by atoms with Crippen LogP contribution in [0.5, 0.6) is 0 Å². The van der Waals surface area contributed by atoms with Gasteiger partial charge in [-0.15, -0.1) is 0 Å². The maximum absolute atomic E-state index is 7.79. The van der Waals surface area contributed by atoms with E-state index in [2.05, 4.69) is 18.0 Å². The first-order valence-corrected chi connectivity index (χ1v) is 5.04. The second kappa shape index (κ2) is 5.29. The Morgan fingerprint density at radius 3 is 2.73 bits per heavy atom. The molecule has 0 bridgehead atoms. The van der Waals surface area contributed by atoms with Crippen molar-refractivity contribution >= 4 is 11.9 Å². The van der Waals surface area contributed by atoms with Crippen LogP contribution in [-0.4, -0.2) is 11.9 Å². The Kier molecular flexibility index (Phi) is 4.03. The summed E-state index contributed by atoms with van der Waals surface area (Å²) in [5, 5.41) is 7.79. The predicted octanol–water partition coefficient (Wildman–Crippen LogP) is 2.56. The highest BCUT2D eigenvalue weighted by atomic mass is 14.9. The molecule has 3 heteroatoms. The molecule has 80 valence electrons. The minimum Gasteiger partial charge on any atom is -0.384 e. The van der Waals surface area contributed by atoms with Gasteiger partial charge in [-0.25, -0.2) is 4.99 Å². The molecule has 0 saturated carbocycles. The molecular weight excluding hydrogens is 186 g/mol. The second-order valence-corrected chi connectivity index (χ2v) is 3.59. The van der Waals surface area contributed by atoms with Gasteiger partial charge in [0.05, 0.1) is 11.9 Å². The highest BCUT2D eigenvalue weighted by Crippen LogP contribution is 2.17. The maximum Gasteiger partial charge on any atom is 0.119 e. The summed E-state index contributed by atoms with van der Waals surface area (Å²) in [5.41, 5.74) is 8.34. The summed E-state index contributed by atoms with van der Waals surface area (Å²) in [6.07, 6.45) is 9.21. The third kappa shape index (κ3) is 3.54. The standard InChI is InChI=1S/C12H17N3/c1-3-12(14)15-8-11(13)10-6-4-9(2)5-7-10/h3-4,6,8,13H,5,7,14H2,1-2H3/b12-3+,13-11?,15-8?. The van der Waals surface area contributed by atoms with Crippen molar-refractivity contribution in [2.45, 2.75) is 26.7 Å². The van der Waals surface area contributed by atoms with E-state index in [4.69, 9.17) is 11.1 Å². The summed E-state index contributed by atoms with van der Waals surface area (Å²) in [6, 6.07) is 0. The Labute approximate surface area is 90.6 Å². The van der Waals surface area contributed by atoms with E-state index in [9.17, 15) is 0 Å². The number of nitrogens with zero attached hydrogens (tertiary/aromatic N) is 1. The van der Waals surface area contributed by atoms with Gasteiger partial charge in [-0.05, 0) is 38.3 Å². The lowest BCUT2D eigenvalue weighted by Crippen LogP contribution is -2.06. The first kappa shape index (κ1) is 11.4. The topological polar surface area (TPSA) is 62.2 Å². The molecule has 0 heterocycles. The molecule has 1 aliphatic rings. The molecule has 0 unspecified atom stereocenters. The lowest BCUT2D eigenvalue weighted by molar-refractivity contribution is 0.938. The molecule has 0 atom stereocenters. The predicted molar refractivity (Wildman–Crippen MR) is 65.2 cm³/mol. The average Bonchev–Trinajstić information content (AvgIpc) is 2.26. The van der Waals surface area contributed by atoms with Crippen LogP contribution in [0.15, 0.2) is 40.2 Å². The monoisotopic (exact) mass is 203 g/mol. The highest BCUT2D eigenvalue weighted by Gasteiger charge is 2.06. The smallest absolute Gasteiger partial charge is 0.119 e. The molecule has 3 nitrogen and oxygen atoms in total. The molecule has 0 saturated heterocycles. The molecule has 0 aromatic rings. The minimum absolute atomic E-state index is 0.447. The Bertz CT molecular complexity index is 370. The van der Waals surface area contributed by atoms with Crippen molar-refractivity contribution < 1.29 is 0 Å². The lowest BCUT2D eigenvalue weighted by atomic mass is 9.96. The average molecular weight is 203 g/mol. The molecule has 1 rings (SSSR count). The van der Waals surface area contributed by atoms with Crippen LogP contribution >= 0.6 is 0 Å². The zero-order valence-electron chi connectivity index (χ0n) is 9.25. The zero-order valence-corrected chi connectivity index (χ0v) is 9.25. The van der Waals surface area contributed by atoms with Crippen molar-refractivity contribution in [3.8, 4) is 0 Å². The molecule has 0 aromatic heterocycles. The number of hydrogen-bond acceptors (Lipinski definition) is 3. The molecule has 0 fully saturated rings. The number of rotatable bonds is 3. The fraction of sp³-hybridized carbons (Fsp3) is 0.333. The summed E-state index contributed by atoms with van der Waals surface area (Å²) >= 11 is 0. The van der Waals surface area contributed by atoms with Crippen molar-refractivity contribution in [2.24, 2.45) is 10.7 Å². The normalized spacial score (nSPS) is 17.6. The van der Waals surface area contributed by atoms with Gasteiger partial charge < -0.3 is 5.73 Å². The number of aliphatic imine (C=N–C) groups is 1. The maximum atomic E-state index is 7.79. The van der Waals surface area contributed by atoms with Crippen molar-refractivity contribution in [1.29, 1.82) is 5.41 Å². The summed E-state index contributed by atoms with van der Waals surface area (Å²) in [7, 11) is 0. The molecule has 1 aliphatic carbocycles. The van der Waals surface area contributed by atoms with Gasteiger partial charge in [0.2, 0.25) is 0 Å². The quantitative estimate of drug-likeness (QED) is 0.680. The van der Waals surface area contributed by atoms with Crippen LogP contribution in [0.2, 0.25) is 0 Å². The van der Waals surface area contributed by atoms with Gasteiger partial charge in [0.1, 0.15) is 5.82 Å². The summed E-state index contributed by atoms with van der Waals surface area (Å²) in [6.45, 7) is 3.92. The summed E-state index contributed by atoms with van der Waals surface area (Å²) < 4.78 is 0. The van der Waals surface area contributed by atoms with Gasteiger partial charge in [-0.3, -0.25) is 5.41 Å². The van der Waals surface area contributed by atoms with E-state index in [0.29, 0.717) is 11.5 Å². The van der Waals surface area contributed by atoms with Crippen molar-refractivity contribution in [2.75, 3.05) is 0 Å². The third-order valence-corrected chi connectivity index (χ3v) is 2.34. The first-order valence-electron chi connectivity index (χ1n) is 5.04. The van der Waals surface area contributed by atoms with Gasteiger partial charge in [0.15, 0.2) is 0 Å². The van der Waals surface area contributed by atoms with Crippen molar-refractivity contribution in [3.63, 3.8) is 0 Å².